The van der Waals surface area contributed by atoms with Crippen molar-refractivity contribution in [2.75, 3.05) is 4.90 Å². The summed E-state index contributed by atoms with van der Waals surface area (Å²) in [5, 5.41) is 0. The van der Waals surface area contributed by atoms with Crippen molar-refractivity contribution in [1.29, 1.82) is 0 Å². The van der Waals surface area contributed by atoms with Crippen LogP contribution in [-0.4, -0.2) is 0 Å². The van der Waals surface area contributed by atoms with E-state index in [2.05, 4.69) is 211 Å². The minimum Gasteiger partial charge on any atom is -0.314 e. The van der Waals surface area contributed by atoms with Crippen LogP contribution in [0.2, 0.25) is 0 Å². The lowest BCUT2D eigenvalue weighted by molar-refractivity contribution is 0.774. The number of hydrogen-bond acceptors (Lipinski definition) is 1. The lowest BCUT2D eigenvalue weighted by atomic mass is 9.88. The molecule has 234 valence electrons. The van der Waals surface area contributed by atoms with Gasteiger partial charge in [-0.15, -0.1) is 0 Å². The summed E-state index contributed by atoms with van der Waals surface area (Å²) in [5.41, 5.74) is 14.6. The Labute approximate surface area is 289 Å². The first kappa shape index (κ1) is 30.2. The summed E-state index contributed by atoms with van der Waals surface area (Å²) in [7, 11) is 0. The quantitative estimate of drug-likeness (QED) is 0.162. The second-order valence-corrected chi connectivity index (χ2v) is 12.5. The highest BCUT2D eigenvalue weighted by atomic mass is 15.2. The van der Waals surface area contributed by atoms with E-state index in [1.165, 1.54) is 55.8 Å². The first-order valence-corrected chi connectivity index (χ1v) is 17.0. The van der Waals surface area contributed by atoms with Gasteiger partial charge in [0.25, 0.3) is 0 Å². The minimum atomic E-state index is 0.230. The van der Waals surface area contributed by atoms with Gasteiger partial charge in [0.1, 0.15) is 0 Å². The van der Waals surface area contributed by atoms with Crippen LogP contribution in [0.3, 0.4) is 0 Å². The van der Waals surface area contributed by atoms with Crippen molar-refractivity contribution >= 4 is 11.4 Å². The van der Waals surface area contributed by atoms with Gasteiger partial charge in [-0.25, -0.2) is 0 Å². The van der Waals surface area contributed by atoms with Crippen LogP contribution in [0.5, 0.6) is 0 Å². The van der Waals surface area contributed by atoms with Gasteiger partial charge in [0.05, 0.1) is 0 Å². The van der Waals surface area contributed by atoms with Gasteiger partial charge in [0, 0.05) is 23.0 Å². The van der Waals surface area contributed by atoms with Gasteiger partial charge < -0.3 is 4.90 Å². The van der Waals surface area contributed by atoms with Crippen LogP contribution in [0.1, 0.15) is 17.9 Å². The highest BCUT2D eigenvalue weighted by Crippen LogP contribution is 2.42. The molecule has 7 aromatic rings. The molecule has 0 spiro atoms. The molecule has 0 saturated carbocycles. The Morgan fingerprint density at radius 2 is 0.755 bits per heavy atom. The van der Waals surface area contributed by atoms with Gasteiger partial charge in [0.15, 0.2) is 0 Å². The Morgan fingerprint density at radius 3 is 1.22 bits per heavy atom. The maximum Gasteiger partial charge on any atom is 0.0464 e. The molecule has 1 unspecified atom stereocenters. The van der Waals surface area contributed by atoms with Crippen LogP contribution in [0, 0.1) is 0 Å². The predicted molar refractivity (Wildman–Crippen MR) is 208 cm³/mol. The van der Waals surface area contributed by atoms with Crippen molar-refractivity contribution in [2.24, 2.45) is 0 Å². The van der Waals surface area contributed by atoms with Crippen LogP contribution in [0.4, 0.5) is 11.4 Å². The first-order valence-electron chi connectivity index (χ1n) is 17.0. The van der Waals surface area contributed by atoms with Crippen LogP contribution in [0.15, 0.2) is 212 Å². The second-order valence-electron chi connectivity index (χ2n) is 12.5. The third kappa shape index (κ3) is 6.52. The summed E-state index contributed by atoms with van der Waals surface area (Å²) in [4.78, 5) is 2.46. The van der Waals surface area contributed by atoms with E-state index in [0.717, 1.165) is 17.8 Å². The van der Waals surface area contributed by atoms with E-state index in [9.17, 15) is 0 Å². The molecule has 1 nitrogen and oxygen atoms in total. The van der Waals surface area contributed by atoms with Gasteiger partial charge in [0.2, 0.25) is 0 Å². The van der Waals surface area contributed by atoms with Gasteiger partial charge in [-0.05, 0) is 86.8 Å². The molecule has 1 aliphatic rings. The van der Waals surface area contributed by atoms with Crippen LogP contribution < -0.4 is 4.90 Å². The lowest BCUT2D eigenvalue weighted by Gasteiger charge is -2.34. The highest BCUT2D eigenvalue weighted by Gasteiger charge is 2.25. The third-order valence-electron chi connectivity index (χ3n) is 9.45. The molecular weight excluding hydrogens is 591 g/mol. The Kier molecular flexibility index (Phi) is 8.56. The van der Waals surface area contributed by atoms with E-state index in [4.69, 9.17) is 0 Å². The zero-order valence-electron chi connectivity index (χ0n) is 27.4. The summed E-state index contributed by atoms with van der Waals surface area (Å²) in [5.74, 6) is 0.230. The number of nitrogens with zero attached hydrogens (tertiary/aromatic N) is 1. The maximum atomic E-state index is 2.46. The molecular formula is C48H37N. The van der Waals surface area contributed by atoms with E-state index in [0.29, 0.717) is 0 Å². The second kappa shape index (κ2) is 13.9. The van der Waals surface area contributed by atoms with Crippen molar-refractivity contribution in [2.45, 2.75) is 12.3 Å². The van der Waals surface area contributed by atoms with Gasteiger partial charge in [-0.2, -0.15) is 0 Å². The molecule has 0 amide bonds. The van der Waals surface area contributed by atoms with Crippen LogP contribution in [-0.2, 0) is 0 Å². The average Bonchev–Trinajstić information content (AvgIpc) is 3.20. The molecule has 0 fully saturated rings. The van der Waals surface area contributed by atoms with E-state index >= 15 is 0 Å². The molecule has 8 rings (SSSR count). The van der Waals surface area contributed by atoms with Gasteiger partial charge in [-0.3, -0.25) is 0 Å². The molecule has 1 aliphatic carbocycles. The highest BCUT2D eigenvalue weighted by molar-refractivity contribution is 5.80. The largest absolute Gasteiger partial charge is 0.314 e. The third-order valence-corrected chi connectivity index (χ3v) is 9.45. The first-order chi connectivity index (χ1) is 24.3. The summed E-state index contributed by atoms with van der Waals surface area (Å²) < 4.78 is 0. The molecule has 0 aromatic heterocycles. The molecule has 1 heteroatoms. The van der Waals surface area contributed by atoms with Gasteiger partial charge in [-0.1, -0.05) is 176 Å². The minimum absolute atomic E-state index is 0.230. The topological polar surface area (TPSA) is 3.24 Å². The van der Waals surface area contributed by atoms with Crippen molar-refractivity contribution in [3.8, 4) is 44.5 Å². The zero-order chi connectivity index (χ0) is 32.8. The molecule has 0 aliphatic heterocycles. The monoisotopic (exact) mass is 627 g/mol. The van der Waals surface area contributed by atoms with E-state index in [1.807, 2.05) is 0 Å². The van der Waals surface area contributed by atoms with Crippen molar-refractivity contribution in [3.05, 3.63) is 218 Å². The predicted octanol–water partition coefficient (Wildman–Crippen LogP) is 13.1. The zero-order valence-corrected chi connectivity index (χ0v) is 27.4. The Balaban J connectivity index is 1.20. The van der Waals surface area contributed by atoms with Crippen LogP contribution >= 0.6 is 0 Å². The molecule has 7 aromatic carbocycles. The Hall–Kier alpha value is -6.18. The average molecular weight is 628 g/mol. The van der Waals surface area contributed by atoms with E-state index in [1.54, 1.807) is 0 Å². The fraction of sp³-hybridized carbons (Fsp3) is 0.0417. The molecule has 0 N–H and O–H groups in total. The summed E-state index contributed by atoms with van der Waals surface area (Å²) in [6.45, 7) is 0. The lowest BCUT2D eigenvalue weighted by Crippen LogP contribution is -2.23. The van der Waals surface area contributed by atoms with Crippen LogP contribution in [0.25, 0.3) is 44.5 Å². The number of allylic oxidation sites excluding steroid dienone is 4. The van der Waals surface area contributed by atoms with Crippen molar-refractivity contribution in [3.63, 3.8) is 0 Å². The molecule has 49 heavy (non-hydrogen) atoms. The normalized spacial score (nSPS) is 13.9. The molecule has 0 radical (unpaired) electrons. The summed E-state index contributed by atoms with van der Waals surface area (Å²) >= 11 is 0. The van der Waals surface area contributed by atoms with E-state index in [-0.39, 0.29) is 5.92 Å². The smallest absolute Gasteiger partial charge is 0.0464 e. The fourth-order valence-electron chi connectivity index (χ4n) is 6.91. The standard InChI is InChI=1S/C48H37N/c1-4-14-36(15-5-1)38-26-30-40(31-27-38)43-20-12-22-45(34-43)49(48-25-11-10-24-47(48)42-18-8-3-9-19-42)46-23-13-21-44(35-46)41-32-28-39(29-33-41)37-16-6-2-7-17-37/h1-23,25-35,47H,24H2. The fourth-order valence-corrected chi connectivity index (χ4v) is 6.91. The molecule has 0 saturated heterocycles. The van der Waals surface area contributed by atoms with E-state index < -0.39 is 0 Å². The molecule has 0 bridgehead atoms. The van der Waals surface area contributed by atoms with Crippen molar-refractivity contribution < 1.29 is 0 Å². The number of rotatable bonds is 8. The summed E-state index contributed by atoms with van der Waals surface area (Å²) in [6, 6.07) is 67.8. The summed E-state index contributed by atoms with van der Waals surface area (Å²) in [6.07, 6.45) is 7.74. The number of hydrogen-bond donors (Lipinski definition) is 0. The molecule has 1 atom stereocenters. The Morgan fingerprint density at radius 1 is 0.367 bits per heavy atom. The maximum absolute atomic E-state index is 2.46. The number of benzene rings is 7. The van der Waals surface area contributed by atoms with Crippen molar-refractivity contribution in [1.82, 2.24) is 0 Å². The SMILES string of the molecule is C1=CCC(c2ccccc2)C(N(c2cccc(-c3ccc(-c4ccccc4)cc3)c2)c2cccc(-c3ccc(-c4ccccc4)cc3)c2)=C1. The molecule has 0 heterocycles. The van der Waals surface area contributed by atoms with Gasteiger partial charge >= 0.3 is 0 Å². The Bertz CT molecular complexity index is 2090. The number of anilines is 2.